The van der Waals surface area contributed by atoms with Crippen molar-refractivity contribution < 1.29 is 4.74 Å². The zero-order valence-electron chi connectivity index (χ0n) is 12.7. The van der Waals surface area contributed by atoms with Crippen molar-refractivity contribution in [2.75, 3.05) is 39.9 Å². The summed E-state index contributed by atoms with van der Waals surface area (Å²) in [7, 11) is 1.78. The van der Waals surface area contributed by atoms with E-state index < -0.39 is 0 Å². The topological polar surface area (TPSA) is 48.3 Å². The Labute approximate surface area is 118 Å². The van der Waals surface area contributed by atoms with Gasteiger partial charge in [0.1, 0.15) is 5.54 Å². The van der Waals surface area contributed by atoms with E-state index in [9.17, 15) is 5.26 Å². The second-order valence-corrected chi connectivity index (χ2v) is 5.88. The Balaban J connectivity index is 2.35. The van der Waals surface area contributed by atoms with Gasteiger partial charge in [-0.05, 0) is 51.6 Å². The monoisotopic (exact) mass is 267 g/mol. The van der Waals surface area contributed by atoms with Crippen molar-refractivity contribution in [3.05, 3.63) is 0 Å². The van der Waals surface area contributed by atoms with Gasteiger partial charge in [0, 0.05) is 20.2 Å². The Morgan fingerprint density at radius 3 is 2.95 bits per heavy atom. The zero-order chi connectivity index (χ0) is 14.1. The lowest BCUT2D eigenvalue weighted by molar-refractivity contribution is 0.0874. The molecule has 0 aromatic carbocycles. The molecule has 1 heterocycles. The molecule has 1 fully saturated rings. The number of nitrogens with one attached hydrogen (secondary N) is 1. The lowest BCUT2D eigenvalue weighted by atomic mass is 9.96. The van der Waals surface area contributed by atoms with Gasteiger partial charge in [-0.1, -0.05) is 6.92 Å². The minimum Gasteiger partial charge on any atom is -0.384 e. The van der Waals surface area contributed by atoms with Crippen molar-refractivity contribution >= 4 is 0 Å². The lowest BCUT2D eigenvalue weighted by Gasteiger charge is -2.34. The van der Waals surface area contributed by atoms with Gasteiger partial charge < -0.3 is 9.64 Å². The number of methoxy groups -OCH3 is 1. The molecule has 1 aliphatic rings. The smallest absolute Gasteiger partial charge is 0.105 e. The van der Waals surface area contributed by atoms with Crippen molar-refractivity contribution in [2.45, 2.75) is 45.1 Å². The van der Waals surface area contributed by atoms with E-state index in [0.717, 1.165) is 45.6 Å². The number of nitrogens with zero attached hydrogens (tertiary/aromatic N) is 2. The fraction of sp³-hybridized carbons (Fsp3) is 0.933. The predicted octanol–water partition coefficient (Wildman–Crippen LogP) is 2.02. The summed E-state index contributed by atoms with van der Waals surface area (Å²) in [5.41, 5.74) is -0.385. The average molecular weight is 267 g/mol. The molecule has 0 spiro atoms. The van der Waals surface area contributed by atoms with E-state index in [0.29, 0.717) is 5.92 Å². The van der Waals surface area contributed by atoms with E-state index in [-0.39, 0.29) is 5.54 Å². The third-order valence-electron chi connectivity index (χ3n) is 3.95. The number of ether oxygens (including phenoxy) is 1. The highest BCUT2D eigenvalue weighted by Gasteiger charge is 2.25. The van der Waals surface area contributed by atoms with Crippen molar-refractivity contribution in [1.82, 2.24) is 10.2 Å². The van der Waals surface area contributed by atoms with Crippen LogP contribution in [0.15, 0.2) is 0 Å². The van der Waals surface area contributed by atoms with Crippen LogP contribution in [0, 0.1) is 17.2 Å². The van der Waals surface area contributed by atoms with Crippen LogP contribution in [0.4, 0.5) is 0 Å². The highest BCUT2D eigenvalue weighted by atomic mass is 16.5. The number of hydrogen-bond donors (Lipinski definition) is 1. The van der Waals surface area contributed by atoms with Crippen LogP contribution in [0.3, 0.4) is 0 Å². The van der Waals surface area contributed by atoms with Crippen LogP contribution < -0.4 is 5.32 Å². The summed E-state index contributed by atoms with van der Waals surface area (Å²) in [5.74, 6) is 0.663. The molecule has 0 aliphatic carbocycles. The Bertz CT molecular complexity index is 288. The maximum absolute atomic E-state index is 9.33. The maximum atomic E-state index is 9.33. The largest absolute Gasteiger partial charge is 0.384 e. The van der Waals surface area contributed by atoms with E-state index >= 15 is 0 Å². The zero-order valence-corrected chi connectivity index (χ0v) is 12.7. The standard InChI is InChI=1S/C15H29N3O/c1-4-8-17-15(2,13-16)7-10-18-9-5-6-14(11-18)12-19-3/h14,17H,4-12H2,1-3H3. The lowest BCUT2D eigenvalue weighted by Crippen LogP contribution is -2.46. The first-order valence-electron chi connectivity index (χ1n) is 7.51. The Kier molecular flexibility index (Phi) is 7.37. The number of piperidine rings is 1. The van der Waals surface area contributed by atoms with Crippen LogP contribution in [-0.2, 0) is 4.74 Å². The summed E-state index contributed by atoms with van der Waals surface area (Å²) < 4.78 is 5.26. The minimum absolute atomic E-state index is 0.385. The predicted molar refractivity (Wildman–Crippen MR) is 78.0 cm³/mol. The Hall–Kier alpha value is -0.630. The highest BCUT2D eigenvalue weighted by Crippen LogP contribution is 2.18. The summed E-state index contributed by atoms with van der Waals surface area (Å²) in [6, 6.07) is 2.43. The van der Waals surface area contributed by atoms with Gasteiger partial charge in [0.2, 0.25) is 0 Å². The summed E-state index contributed by atoms with van der Waals surface area (Å²) in [6.45, 7) is 9.19. The maximum Gasteiger partial charge on any atom is 0.105 e. The van der Waals surface area contributed by atoms with Gasteiger partial charge in [0.15, 0.2) is 0 Å². The average Bonchev–Trinajstić information content (AvgIpc) is 2.44. The molecule has 2 unspecified atom stereocenters. The van der Waals surface area contributed by atoms with E-state index in [1.165, 1.54) is 12.8 Å². The first-order chi connectivity index (χ1) is 9.13. The fourth-order valence-electron chi connectivity index (χ4n) is 2.69. The summed E-state index contributed by atoms with van der Waals surface area (Å²) in [5, 5.41) is 12.7. The molecule has 1 saturated heterocycles. The van der Waals surface area contributed by atoms with Crippen molar-refractivity contribution in [1.29, 1.82) is 5.26 Å². The molecule has 2 atom stereocenters. The van der Waals surface area contributed by atoms with Crippen LogP contribution in [0.2, 0.25) is 0 Å². The van der Waals surface area contributed by atoms with Gasteiger partial charge in [0.25, 0.3) is 0 Å². The molecule has 1 N–H and O–H groups in total. The van der Waals surface area contributed by atoms with Gasteiger partial charge in [-0.3, -0.25) is 5.32 Å². The number of likely N-dealkylation sites (tertiary alicyclic amines) is 1. The molecule has 0 bridgehead atoms. The molecule has 1 aliphatic heterocycles. The molecule has 0 aromatic rings. The van der Waals surface area contributed by atoms with Crippen LogP contribution in [0.5, 0.6) is 0 Å². The van der Waals surface area contributed by atoms with Crippen molar-refractivity contribution in [3.63, 3.8) is 0 Å². The van der Waals surface area contributed by atoms with E-state index in [1.54, 1.807) is 7.11 Å². The first kappa shape index (κ1) is 16.4. The van der Waals surface area contributed by atoms with E-state index in [4.69, 9.17) is 4.74 Å². The molecule has 4 heteroatoms. The highest BCUT2D eigenvalue weighted by molar-refractivity contribution is 5.04. The molecule has 4 nitrogen and oxygen atoms in total. The van der Waals surface area contributed by atoms with Crippen molar-refractivity contribution in [2.24, 2.45) is 5.92 Å². The van der Waals surface area contributed by atoms with Crippen LogP contribution >= 0.6 is 0 Å². The second kappa shape index (κ2) is 8.52. The first-order valence-corrected chi connectivity index (χ1v) is 7.51. The fourth-order valence-corrected chi connectivity index (χ4v) is 2.69. The van der Waals surface area contributed by atoms with Gasteiger partial charge in [-0.2, -0.15) is 5.26 Å². The van der Waals surface area contributed by atoms with Gasteiger partial charge in [-0.15, -0.1) is 0 Å². The number of nitriles is 1. The molecule has 19 heavy (non-hydrogen) atoms. The summed E-state index contributed by atoms with van der Waals surface area (Å²) >= 11 is 0. The second-order valence-electron chi connectivity index (χ2n) is 5.88. The molecule has 110 valence electrons. The van der Waals surface area contributed by atoms with Gasteiger partial charge in [-0.25, -0.2) is 0 Å². The van der Waals surface area contributed by atoms with Gasteiger partial charge >= 0.3 is 0 Å². The Morgan fingerprint density at radius 2 is 2.32 bits per heavy atom. The third-order valence-corrected chi connectivity index (χ3v) is 3.95. The Morgan fingerprint density at radius 1 is 1.53 bits per heavy atom. The third kappa shape index (κ3) is 5.90. The molecular formula is C15H29N3O. The van der Waals surface area contributed by atoms with E-state index in [1.807, 2.05) is 6.92 Å². The van der Waals surface area contributed by atoms with E-state index in [2.05, 4.69) is 23.2 Å². The van der Waals surface area contributed by atoms with Crippen molar-refractivity contribution in [3.8, 4) is 6.07 Å². The SMILES string of the molecule is CCCNC(C)(C#N)CCN1CCCC(COC)C1. The van der Waals surface area contributed by atoms with Gasteiger partial charge in [0.05, 0.1) is 12.7 Å². The number of rotatable bonds is 8. The van der Waals surface area contributed by atoms with Crippen LogP contribution in [-0.4, -0.2) is 50.3 Å². The molecule has 0 aromatic heterocycles. The molecular weight excluding hydrogens is 238 g/mol. The number of hydrogen-bond acceptors (Lipinski definition) is 4. The quantitative estimate of drug-likeness (QED) is 0.731. The summed E-state index contributed by atoms with van der Waals surface area (Å²) in [6.07, 6.45) is 4.48. The molecule has 0 radical (unpaired) electrons. The van der Waals surface area contributed by atoms with Crippen LogP contribution in [0.25, 0.3) is 0 Å². The molecule has 0 saturated carbocycles. The minimum atomic E-state index is -0.385. The molecule has 1 rings (SSSR count). The van der Waals surface area contributed by atoms with Crippen LogP contribution in [0.1, 0.15) is 39.5 Å². The normalized spacial score (nSPS) is 23.8. The molecule has 0 amide bonds. The summed E-state index contributed by atoms with van der Waals surface area (Å²) in [4.78, 5) is 2.48.